The van der Waals surface area contributed by atoms with Crippen LogP contribution in [0.15, 0.2) is 24.4 Å². The second-order valence-electron chi connectivity index (χ2n) is 6.42. The number of hydrogen-bond donors (Lipinski definition) is 0. The zero-order valence-electron chi connectivity index (χ0n) is 11.6. The molecule has 1 aromatic rings. The lowest BCUT2D eigenvalue weighted by atomic mass is 9.67. The fourth-order valence-electron chi connectivity index (χ4n) is 4.12. The van der Waals surface area contributed by atoms with Crippen molar-refractivity contribution >= 4 is 15.9 Å². The Bertz CT molecular complexity index is 392. The van der Waals surface area contributed by atoms with Crippen molar-refractivity contribution in [2.24, 2.45) is 17.8 Å². The zero-order chi connectivity index (χ0) is 13.1. The van der Waals surface area contributed by atoms with Gasteiger partial charge in [0, 0.05) is 23.1 Å². The van der Waals surface area contributed by atoms with Gasteiger partial charge in [0.25, 0.3) is 0 Å². The fraction of sp³-hybridized carbons (Fsp3) is 0.706. The Morgan fingerprint density at radius 2 is 1.95 bits per heavy atom. The van der Waals surface area contributed by atoms with Gasteiger partial charge in [0.05, 0.1) is 0 Å². The highest BCUT2D eigenvalue weighted by molar-refractivity contribution is 9.09. The van der Waals surface area contributed by atoms with Crippen LogP contribution in [-0.2, 0) is 6.42 Å². The van der Waals surface area contributed by atoms with Crippen molar-refractivity contribution in [1.29, 1.82) is 0 Å². The minimum atomic E-state index is 0.616. The first-order valence-corrected chi connectivity index (χ1v) is 8.78. The monoisotopic (exact) mass is 321 g/mol. The van der Waals surface area contributed by atoms with Crippen LogP contribution in [-0.4, -0.2) is 9.81 Å². The zero-order valence-corrected chi connectivity index (χ0v) is 13.2. The Hall–Kier alpha value is -0.370. The molecule has 2 fully saturated rings. The first kappa shape index (κ1) is 13.6. The van der Waals surface area contributed by atoms with Crippen LogP contribution in [0.2, 0.25) is 0 Å². The van der Waals surface area contributed by atoms with Crippen LogP contribution in [0.4, 0.5) is 0 Å². The van der Waals surface area contributed by atoms with Gasteiger partial charge < -0.3 is 0 Å². The smallest absolute Gasteiger partial charge is 0.0414 e. The summed E-state index contributed by atoms with van der Waals surface area (Å²) in [6.45, 7) is 0. The molecule has 1 heterocycles. The molecule has 104 valence electrons. The summed E-state index contributed by atoms with van der Waals surface area (Å²) in [4.78, 5) is 5.08. The summed E-state index contributed by atoms with van der Waals surface area (Å²) in [6, 6.07) is 6.25. The summed E-state index contributed by atoms with van der Waals surface area (Å²) >= 11 is 3.95. The molecule has 0 aromatic carbocycles. The lowest BCUT2D eigenvalue weighted by molar-refractivity contribution is 0.129. The maximum Gasteiger partial charge on any atom is 0.0414 e. The maximum absolute atomic E-state index is 4.47. The highest BCUT2D eigenvalue weighted by Crippen LogP contribution is 2.44. The second kappa shape index (κ2) is 6.39. The number of halogens is 1. The highest BCUT2D eigenvalue weighted by atomic mass is 79.9. The number of pyridine rings is 1. The molecule has 0 aliphatic heterocycles. The van der Waals surface area contributed by atoms with E-state index in [1.54, 1.807) is 0 Å². The predicted molar refractivity (Wildman–Crippen MR) is 83.4 cm³/mol. The van der Waals surface area contributed by atoms with Crippen molar-refractivity contribution in [2.45, 2.75) is 56.2 Å². The van der Waals surface area contributed by atoms with E-state index in [1.165, 1.54) is 50.6 Å². The van der Waals surface area contributed by atoms with Gasteiger partial charge in [-0.3, -0.25) is 4.98 Å². The molecule has 0 N–H and O–H groups in total. The van der Waals surface area contributed by atoms with Crippen molar-refractivity contribution in [2.75, 3.05) is 0 Å². The summed E-state index contributed by atoms with van der Waals surface area (Å²) < 4.78 is 0. The SMILES string of the molecule is BrC(Cc1ccccn1)C1CCC2CCCCC2C1. The van der Waals surface area contributed by atoms with E-state index < -0.39 is 0 Å². The summed E-state index contributed by atoms with van der Waals surface area (Å²) in [5, 5.41) is 0. The fourth-order valence-corrected chi connectivity index (χ4v) is 4.94. The molecule has 2 aliphatic carbocycles. The molecule has 4 atom stereocenters. The van der Waals surface area contributed by atoms with Gasteiger partial charge in [-0.2, -0.15) is 0 Å². The lowest BCUT2D eigenvalue weighted by Gasteiger charge is -2.40. The third-order valence-electron chi connectivity index (χ3n) is 5.22. The molecule has 2 heteroatoms. The molecular weight excluding hydrogens is 298 g/mol. The Morgan fingerprint density at radius 3 is 2.74 bits per heavy atom. The van der Waals surface area contributed by atoms with E-state index in [2.05, 4.69) is 33.0 Å². The van der Waals surface area contributed by atoms with Crippen LogP contribution in [0.5, 0.6) is 0 Å². The van der Waals surface area contributed by atoms with Gasteiger partial charge in [0.1, 0.15) is 0 Å². The van der Waals surface area contributed by atoms with E-state index in [1.807, 2.05) is 12.3 Å². The van der Waals surface area contributed by atoms with E-state index in [4.69, 9.17) is 0 Å². The minimum Gasteiger partial charge on any atom is -0.261 e. The van der Waals surface area contributed by atoms with E-state index in [-0.39, 0.29) is 0 Å². The Morgan fingerprint density at radius 1 is 1.11 bits per heavy atom. The molecule has 1 aromatic heterocycles. The number of rotatable bonds is 3. The molecule has 0 bridgehead atoms. The summed E-state index contributed by atoms with van der Waals surface area (Å²) in [7, 11) is 0. The van der Waals surface area contributed by atoms with Crippen LogP contribution in [0.3, 0.4) is 0 Å². The second-order valence-corrected chi connectivity index (χ2v) is 7.60. The Labute approximate surface area is 125 Å². The van der Waals surface area contributed by atoms with E-state index in [0.717, 1.165) is 24.2 Å². The van der Waals surface area contributed by atoms with Gasteiger partial charge in [-0.05, 0) is 49.1 Å². The number of hydrogen-bond acceptors (Lipinski definition) is 1. The maximum atomic E-state index is 4.47. The average molecular weight is 322 g/mol. The van der Waals surface area contributed by atoms with Gasteiger partial charge >= 0.3 is 0 Å². The van der Waals surface area contributed by atoms with Gasteiger partial charge in [0.15, 0.2) is 0 Å². The Balaban J connectivity index is 1.57. The highest BCUT2D eigenvalue weighted by Gasteiger charge is 2.34. The number of nitrogens with zero attached hydrogens (tertiary/aromatic N) is 1. The molecule has 4 unspecified atom stereocenters. The van der Waals surface area contributed by atoms with Crippen molar-refractivity contribution in [3.63, 3.8) is 0 Å². The average Bonchev–Trinajstić information content (AvgIpc) is 2.48. The number of fused-ring (bicyclic) bond motifs is 1. The van der Waals surface area contributed by atoms with Crippen molar-refractivity contribution in [1.82, 2.24) is 4.98 Å². The van der Waals surface area contributed by atoms with E-state index in [9.17, 15) is 0 Å². The van der Waals surface area contributed by atoms with Crippen molar-refractivity contribution in [3.05, 3.63) is 30.1 Å². The van der Waals surface area contributed by atoms with Crippen LogP contribution in [0.25, 0.3) is 0 Å². The van der Waals surface area contributed by atoms with Gasteiger partial charge in [-0.25, -0.2) is 0 Å². The number of aromatic nitrogens is 1. The standard InChI is InChI=1S/C17H24BrN/c18-17(12-16-7-3-4-10-19-16)15-9-8-13-5-1-2-6-14(13)11-15/h3-4,7,10,13-15,17H,1-2,5-6,8-9,11-12H2. The molecule has 2 saturated carbocycles. The topological polar surface area (TPSA) is 12.9 Å². The first-order chi connectivity index (χ1) is 9.33. The predicted octanol–water partition coefficient (Wildman–Crippen LogP) is 4.99. The molecule has 19 heavy (non-hydrogen) atoms. The lowest BCUT2D eigenvalue weighted by Crippen LogP contribution is -2.32. The molecule has 2 aliphatic rings. The Kier molecular flexibility index (Phi) is 4.57. The van der Waals surface area contributed by atoms with E-state index in [0.29, 0.717) is 4.83 Å². The van der Waals surface area contributed by atoms with Gasteiger partial charge in [-0.1, -0.05) is 47.7 Å². The van der Waals surface area contributed by atoms with Crippen molar-refractivity contribution < 1.29 is 0 Å². The van der Waals surface area contributed by atoms with Crippen LogP contribution in [0.1, 0.15) is 50.6 Å². The summed E-state index contributed by atoms with van der Waals surface area (Å²) in [6.07, 6.45) is 13.3. The molecule has 0 spiro atoms. The van der Waals surface area contributed by atoms with Gasteiger partial charge in [-0.15, -0.1) is 0 Å². The third-order valence-corrected chi connectivity index (χ3v) is 6.29. The molecule has 1 nitrogen and oxygen atoms in total. The molecule has 0 amide bonds. The molecule has 0 radical (unpaired) electrons. The molecule has 0 saturated heterocycles. The van der Waals surface area contributed by atoms with Crippen LogP contribution in [0, 0.1) is 17.8 Å². The first-order valence-electron chi connectivity index (χ1n) is 7.87. The van der Waals surface area contributed by atoms with E-state index >= 15 is 0 Å². The normalized spacial score (nSPS) is 32.6. The minimum absolute atomic E-state index is 0.616. The largest absolute Gasteiger partial charge is 0.261 e. The van der Waals surface area contributed by atoms with Gasteiger partial charge in [0.2, 0.25) is 0 Å². The molecular formula is C17H24BrN. The summed E-state index contributed by atoms with van der Waals surface area (Å²) in [5.41, 5.74) is 1.23. The van der Waals surface area contributed by atoms with Crippen LogP contribution < -0.4 is 0 Å². The quantitative estimate of drug-likeness (QED) is 0.714. The summed E-state index contributed by atoms with van der Waals surface area (Å²) in [5.74, 6) is 2.94. The number of alkyl halides is 1. The van der Waals surface area contributed by atoms with Crippen molar-refractivity contribution in [3.8, 4) is 0 Å². The van der Waals surface area contributed by atoms with Crippen LogP contribution >= 0.6 is 15.9 Å². The third kappa shape index (κ3) is 3.39. The molecule has 3 rings (SSSR count).